The van der Waals surface area contributed by atoms with E-state index in [1.165, 1.54) is 25.0 Å². The highest BCUT2D eigenvalue weighted by atomic mass is 35.5. The molecule has 1 heterocycles. The van der Waals surface area contributed by atoms with Gasteiger partial charge in [0.05, 0.1) is 11.6 Å². The molecule has 1 saturated carbocycles. The normalized spacial score (nSPS) is 14.6. The first-order valence-electron chi connectivity index (χ1n) is 5.98. The zero-order valence-electron chi connectivity index (χ0n) is 9.99. The van der Waals surface area contributed by atoms with E-state index in [1.54, 1.807) is 6.07 Å². The first-order valence-corrected chi connectivity index (χ1v) is 6.36. The van der Waals surface area contributed by atoms with Crippen molar-refractivity contribution in [3.05, 3.63) is 34.9 Å². The third-order valence-corrected chi connectivity index (χ3v) is 3.06. The van der Waals surface area contributed by atoms with Crippen LogP contribution in [-0.4, -0.2) is 16.2 Å². The van der Waals surface area contributed by atoms with Crippen LogP contribution in [0, 0.1) is 5.82 Å². The van der Waals surface area contributed by atoms with Gasteiger partial charge < -0.3 is 15.1 Å². The number of benzene rings is 1. The van der Waals surface area contributed by atoms with Crippen LogP contribution in [0.4, 0.5) is 16.1 Å². The lowest BCUT2D eigenvalue weighted by Gasteiger charge is -2.01. The van der Waals surface area contributed by atoms with Crippen molar-refractivity contribution in [3.63, 3.8) is 0 Å². The molecule has 1 fully saturated rings. The molecule has 1 aliphatic rings. The Bertz CT molecular complexity index is 585. The number of hydrogen-bond acceptors (Lipinski definition) is 5. The molecule has 3 rings (SSSR count). The van der Waals surface area contributed by atoms with E-state index < -0.39 is 5.82 Å². The Labute approximate surface area is 114 Å². The molecule has 0 atom stereocenters. The summed E-state index contributed by atoms with van der Waals surface area (Å²) in [6.45, 7) is 0.550. The number of aromatic nitrogens is 2. The second-order valence-corrected chi connectivity index (χ2v) is 4.82. The summed E-state index contributed by atoms with van der Waals surface area (Å²) < 4.78 is 18.6. The van der Waals surface area contributed by atoms with Gasteiger partial charge in [-0.2, -0.15) is 0 Å². The number of anilines is 2. The fourth-order valence-corrected chi connectivity index (χ4v) is 1.71. The highest BCUT2D eigenvalue weighted by Crippen LogP contribution is 2.22. The number of nitrogens with one attached hydrogen (secondary N) is 2. The second-order valence-electron chi connectivity index (χ2n) is 4.41. The van der Waals surface area contributed by atoms with Crippen LogP contribution in [0.3, 0.4) is 0 Å². The summed E-state index contributed by atoms with van der Waals surface area (Å²) in [6, 6.07) is 5.18. The maximum Gasteiger partial charge on any atom is 0.320 e. The third kappa shape index (κ3) is 3.21. The van der Waals surface area contributed by atoms with Crippen LogP contribution in [0.25, 0.3) is 0 Å². The molecule has 7 heteroatoms. The smallest absolute Gasteiger partial charge is 0.320 e. The van der Waals surface area contributed by atoms with Crippen LogP contribution in [0.1, 0.15) is 18.7 Å². The van der Waals surface area contributed by atoms with E-state index >= 15 is 0 Å². The Balaban J connectivity index is 1.63. The SMILES string of the molecule is Fc1cc(Nc2nnc(CNC3CC3)o2)ccc1Cl. The lowest BCUT2D eigenvalue weighted by molar-refractivity contribution is 0.478. The van der Waals surface area contributed by atoms with Crippen LogP contribution in [0.2, 0.25) is 5.02 Å². The largest absolute Gasteiger partial charge is 0.406 e. The van der Waals surface area contributed by atoms with Gasteiger partial charge in [0.25, 0.3) is 0 Å². The number of nitrogens with zero attached hydrogens (tertiary/aromatic N) is 2. The maximum absolute atomic E-state index is 13.3. The minimum absolute atomic E-state index is 0.0744. The van der Waals surface area contributed by atoms with E-state index in [0.717, 1.165) is 0 Å². The molecular formula is C12H12ClFN4O. The molecule has 0 saturated heterocycles. The molecule has 2 N–H and O–H groups in total. The standard InChI is InChI=1S/C12H12ClFN4O/c13-9-4-3-8(5-10(9)14)16-12-18-17-11(19-12)6-15-7-1-2-7/h3-5,7,15H,1-2,6H2,(H,16,18). The highest BCUT2D eigenvalue weighted by Gasteiger charge is 2.21. The van der Waals surface area contributed by atoms with E-state index in [1.807, 2.05) is 0 Å². The summed E-state index contributed by atoms with van der Waals surface area (Å²) in [7, 11) is 0. The molecule has 0 amide bonds. The molecule has 1 aromatic heterocycles. The molecule has 0 aliphatic heterocycles. The Morgan fingerprint density at radius 1 is 1.37 bits per heavy atom. The van der Waals surface area contributed by atoms with Crippen LogP contribution in [-0.2, 0) is 6.54 Å². The summed E-state index contributed by atoms with van der Waals surface area (Å²) in [5, 5.41) is 13.9. The van der Waals surface area contributed by atoms with Gasteiger partial charge in [-0.25, -0.2) is 4.39 Å². The van der Waals surface area contributed by atoms with Gasteiger partial charge in [-0.3, -0.25) is 0 Å². The van der Waals surface area contributed by atoms with Crippen molar-refractivity contribution < 1.29 is 8.81 Å². The summed E-state index contributed by atoms with van der Waals surface area (Å²) in [5.41, 5.74) is 0.507. The fraction of sp³-hybridized carbons (Fsp3) is 0.333. The molecule has 0 spiro atoms. The Hall–Kier alpha value is -1.66. The van der Waals surface area contributed by atoms with Crippen molar-refractivity contribution in [2.75, 3.05) is 5.32 Å². The average Bonchev–Trinajstić information content (AvgIpc) is 3.12. The third-order valence-electron chi connectivity index (χ3n) is 2.76. The Morgan fingerprint density at radius 3 is 2.95 bits per heavy atom. The van der Waals surface area contributed by atoms with E-state index in [9.17, 15) is 4.39 Å². The summed E-state index contributed by atoms with van der Waals surface area (Å²) in [4.78, 5) is 0. The predicted octanol–water partition coefficient (Wildman–Crippen LogP) is 2.86. The number of hydrogen-bond donors (Lipinski definition) is 2. The molecule has 100 valence electrons. The molecule has 2 aromatic rings. The predicted molar refractivity (Wildman–Crippen MR) is 68.9 cm³/mol. The van der Waals surface area contributed by atoms with Crippen molar-refractivity contribution in [1.82, 2.24) is 15.5 Å². The summed E-state index contributed by atoms with van der Waals surface area (Å²) >= 11 is 5.60. The van der Waals surface area contributed by atoms with Gasteiger partial charge in [-0.1, -0.05) is 16.7 Å². The van der Waals surface area contributed by atoms with Gasteiger partial charge in [-0.05, 0) is 31.0 Å². The van der Waals surface area contributed by atoms with Crippen molar-refractivity contribution in [3.8, 4) is 0 Å². The second kappa shape index (κ2) is 5.14. The molecule has 0 bridgehead atoms. The lowest BCUT2D eigenvalue weighted by Crippen LogP contribution is -2.15. The first kappa shape index (κ1) is 12.4. The quantitative estimate of drug-likeness (QED) is 0.883. The zero-order valence-corrected chi connectivity index (χ0v) is 10.7. The molecule has 1 aromatic carbocycles. The van der Waals surface area contributed by atoms with Gasteiger partial charge in [0.2, 0.25) is 5.89 Å². The summed E-state index contributed by atoms with van der Waals surface area (Å²) in [6.07, 6.45) is 2.40. The van der Waals surface area contributed by atoms with E-state index in [4.69, 9.17) is 16.0 Å². The van der Waals surface area contributed by atoms with Crippen LogP contribution >= 0.6 is 11.6 Å². The van der Waals surface area contributed by atoms with Crippen molar-refractivity contribution in [2.24, 2.45) is 0 Å². The van der Waals surface area contributed by atoms with Gasteiger partial charge in [-0.15, -0.1) is 5.10 Å². The van der Waals surface area contributed by atoms with E-state index in [2.05, 4.69) is 20.8 Å². The van der Waals surface area contributed by atoms with Crippen LogP contribution < -0.4 is 10.6 Å². The van der Waals surface area contributed by atoms with Crippen LogP contribution in [0.15, 0.2) is 22.6 Å². The fourth-order valence-electron chi connectivity index (χ4n) is 1.59. The highest BCUT2D eigenvalue weighted by molar-refractivity contribution is 6.30. The molecule has 0 radical (unpaired) electrons. The van der Waals surface area contributed by atoms with Gasteiger partial charge in [0.15, 0.2) is 0 Å². The van der Waals surface area contributed by atoms with E-state index in [-0.39, 0.29) is 11.0 Å². The molecule has 19 heavy (non-hydrogen) atoms. The molecule has 1 aliphatic carbocycles. The van der Waals surface area contributed by atoms with Gasteiger partial charge >= 0.3 is 6.01 Å². The van der Waals surface area contributed by atoms with Crippen LogP contribution in [0.5, 0.6) is 0 Å². The monoisotopic (exact) mass is 282 g/mol. The topological polar surface area (TPSA) is 63.0 Å². The van der Waals surface area contributed by atoms with E-state index in [0.29, 0.717) is 24.2 Å². The lowest BCUT2D eigenvalue weighted by atomic mass is 10.3. The minimum atomic E-state index is -0.498. The molecule has 0 unspecified atom stereocenters. The van der Waals surface area contributed by atoms with Crippen molar-refractivity contribution >= 4 is 23.3 Å². The molecular weight excluding hydrogens is 271 g/mol. The minimum Gasteiger partial charge on any atom is -0.406 e. The number of rotatable bonds is 5. The zero-order chi connectivity index (χ0) is 13.2. The Morgan fingerprint density at radius 2 is 2.21 bits per heavy atom. The maximum atomic E-state index is 13.3. The first-order chi connectivity index (χ1) is 9.20. The van der Waals surface area contributed by atoms with Gasteiger partial charge in [0, 0.05) is 11.7 Å². The van der Waals surface area contributed by atoms with Crippen molar-refractivity contribution in [2.45, 2.75) is 25.4 Å². The average molecular weight is 283 g/mol. The van der Waals surface area contributed by atoms with Gasteiger partial charge in [0.1, 0.15) is 5.82 Å². The van der Waals surface area contributed by atoms with Crippen molar-refractivity contribution in [1.29, 1.82) is 0 Å². The molecule has 5 nitrogen and oxygen atoms in total. The number of halogens is 2. The Kier molecular flexibility index (Phi) is 3.35. The summed E-state index contributed by atoms with van der Waals surface area (Å²) in [5.74, 6) is 0.00522.